The maximum atomic E-state index is 3.74. The van der Waals surface area contributed by atoms with Crippen molar-refractivity contribution >= 4 is 11.3 Å². The minimum atomic E-state index is 0.763. The molecule has 1 aromatic heterocycles. The summed E-state index contributed by atoms with van der Waals surface area (Å²) in [6.45, 7) is 3.39. The lowest BCUT2D eigenvalue weighted by molar-refractivity contribution is 0.410. The predicted octanol–water partition coefficient (Wildman–Crippen LogP) is 4.59. The molecule has 1 N–H and O–H groups in total. The van der Waals surface area contributed by atoms with E-state index in [0.717, 1.165) is 18.5 Å². The van der Waals surface area contributed by atoms with Gasteiger partial charge in [0.2, 0.25) is 0 Å². The van der Waals surface area contributed by atoms with E-state index in [0.29, 0.717) is 0 Å². The van der Waals surface area contributed by atoms with E-state index in [1.54, 1.807) is 0 Å². The third kappa shape index (κ3) is 4.44. The Labute approximate surface area is 110 Å². The van der Waals surface area contributed by atoms with E-state index in [4.69, 9.17) is 0 Å². The van der Waals surface area contributed by atoms with Crippen molar-refractivity contribution < 1.29 is 0 Å². The first-order valence-corrected chi connectivity index (χ1v) is 8.02. The van der Waals surface area contributed by atoms with Gasteiger partial charge in [-0.2, -0.15) is 0 Å². The standard InChI is InChI=1S/C15H25NS/c1-2-5-13-6-3-7-14(10-9-13)16-12-15-8-4-11-17-15/h4,8,11,13-14,16H,2-3,5-7,9-10,12H2,1H3. The molecule has 0 aliphatic heterocycles. The van der Waals surface area contributed by atoms with Crippen LogP contribution in [0.3, 0.4) is 0 Å². The summed E-state index contributed by atoms with van der Waals surface area (Å²) in [7, 11) is 0. The van der Waals surface area contributed by atoms with Crippen LogP contribution in [0.1, 0.15) is 56.7 Å². The molecule has 0 radical (unpaired) electrons. The Morgan fingerprint density at radius 3 is 3.00 bits per heavy atom. The fourth-order valence-corrected chi connectivity index (χ4v) is 3.59. The van der Waals surface area contributed by atoms with E-state index in [1.807, 2.05) is 11.3 Å². The lowest BCUT2D eigenvalue weighted by Crippen LogP contribution is -2.27. The quantitative estimate of drug-likeness (QED) is 0.755. The third-order valence-electron chi connectivity index (χ3n) is 3.93. The number of hydrogen-bond donors (Lipinski definition) is 1. The Balaban J connectivity index is 1.71. The van der Waals surface area contributed by atoms with Gasteiger partial charge in [-0.05, 0) is 36.6 Å². The molecule has 1 fully saturated rings. The summed E-state index contributed by atoms with van der Waals surface area (Å²) >= 11 is 1.86. The number of thiophene rings is 1. The second-order valence-corrected chi connectivity index (χ2v) is 6.35. The van der Waals surface area contributed by atoms with Crippen LogP contribution in [0.2, 0.25) is 0 Å². The van der Waals surface area contributed by atoms with E-state index in [2.05, 4.69) is 29.8 Å². The van der Waals surface area contributed by atoms with Gasteiger partial charge in [0.25, 0.3) is 0 Å². The van der Waals surface area contributed by atoms with E-state index in [1.165, 1.54) is 49.8 Å². The average Bonchev–Trinajstić information content (AvgIpc) is 2.75. The molecule has 1 aliphatic carbocycles. The van der Waals surface area contributed by atoms with Gasteiger partial charge in [0.1, 0.15) is 0 Å². The molecule has 0 saturated heterocycles. The molecule has 1 heterocycles. The third-order valence-corrected chi connectivity index (χ3v) is 4.81. The number of hydrogen-bond acceptors (Lipinski definition) is 2. The highest BCUT2D eigenvalue weighted by Gasteiger charge is 2.17. The van der Waals surface area contributed by atoms with E-state index >= 15 is 0 Å². The van der Waals surface area contributed by atoms with Crippen LogP contribution >= 0.6 is 11.3 Å². The minimum absolute atomic E-state index is 0.763. The molecular weight excluding hydrogens is 226 g/mol. The molecule has 1 nitrogen and oxygen atoms in total. The van der Waals surface area contributed by atoms with Crippen molar-refractivity contribution in [3.63, 3.8) is 0 Å². The van der Waals surface area contributed by atoms with Gasteiger partial charge in [0, 0.05) is 17.5 Å². The van der Waals surface area contributed by atoms with E-state index in [-0.39, 0.29) is 0 Å². The molecule has 2 rings (SSSR count). The van der Waals surface area contributed by atoms with Gasteiger partial charge in [0.15, 0.2) is 0 Å². The zero-order valence-corrected chi connectivity index (χ0v) is 11.8. The highest BCUT2D eigenvalue weighted by Crippen LogP contribution is 2.26. The van der Waals surface area contributed by atoms with Crippen molar-refractivity contribution in [2.45, 2.75) is 64.5 Å². The summed E-state index contributed by atoms with van der Waals surface area (Å²) in [6.07, 6.45) is 9.89. The van der Waals surface area contributed by atoms with Gasteiger partial charge in [-0.3, -0.25) is 0 Å². The topological polar surface area (TPSA) is 12.0 Å². The van der Waals surface area contributed by atoms with Gasteiger partial charge >= 0.3 is 0 Å². The van der Waals surface area contributed by atoms with E-state index in [9.17, 15) is 0 Å². The van der Waals surface area contributed by atoms with Crippen molar-refractivity contribution in [1.82, 2.24) is 5.32 Å². The Bertz CT molecular complexity index is 294. The first-order chi connectivity index (χ1) is 8.38. The fourth-order valence-electron chi connectivity index (χ4n) is 2.94. The van der Waals surface area contributed by atoms with Crippen LogP contribution in [-0.2, 0) is 6.54 Å². The summed E-state index contributed by atoms with van der Waals surface area (Å²) in [5.74, 6) is 1.01. The maximum Gasteiger partial charge on any atom is 0.0302 e. The fraction of sp³-hybridized carbons (Fsp3) is 0.733. The first-order valence-electron chi connectivity index (χ1n) is 7.14. The molecule has 0 aromatic carbocycles. The van der Waals surface area contributed by atoms with Gasteiger partial charge < -0.3 is 5.32 Å². The van der Waals surface area contributed by atoms with Crippen LogP contribution < -0.4 is 5.32 Å². The van der Waals surface area contributed by atoms with Crippen LogP contribution in [-0.4, -0.2) is 6.04 Å². The highest BCUT2D eigenvalue weighted by atomic mass is 32.1. The SMILES string of the molecule is CCCC1CCCC(NCc2cccs2)CC1. The molecule has 0 amide bonds. The van der Waals surface area contributed by atoms with Gasteiger partial charge in [-0.15, -0.1) is 11.3 Å². The first kappa shape index (κ1) is 13.1. The minimum Gasteiger partial charge on any atom is -0.309 e. The summed E-state index contributed by atoms with van der Waals surface area (Å²) < 4.78 is 0. The zero-order chi connectivity index (χ0) is 11.9. The van der Waals surface area contributed by atoms with Gasteiger partial charge in [-0.25, -0.2) is 0 Å². The van der Waals surface area contributed by atoms with Crippen molar-refractivity contribution in [2.75, 3.05) is 0 Å². The number of rotatable bonds is 5. The predicted molar refractivity (Wildman–Crippen MR) is 76.4 cm³/mol. The maximum absolute atomic E-state index is 3.74. The normalized spacial score (nSPS) is 25.7. The van der Waals surface area contributed by atoms with Crippen LogP contribution in [0.4, 0.5) is 0 Å². The molecule has 2 unspecified atom stereocenters. The van der Waals surface area contributed by atoms with E-state index < -0.39 is 0 Å². The molecule has 1 aromatic rings. The summed E-state index contributed by atoms with van der Waals surface area (Å²) in [5.41, 5.74) is 0. The molecule has 2 heteroatoms. The molecule has 0 bridgehead atoms. The molecular formula is C15H25NS. The molecule has 1 saturated carbocycles. The average molecular weight is 251 g/mol. The Hall–Kier alpha value is -0.340. The van der Waals surface area contributed by atoms with Gasteiger partial charge in [-0.1, -0.05) is 38.7 Å². The van der Waals surface area contributed by atoms with Gasteiger partial charge in [0.05, 0.1) is 0 Å². The Kier molecular flexibility index (Phi) is 5.53. The van der Waals surface area contributed by atoms with Crippen molar-refractivity contribution in [3.8, 4) is 0 Å². The van der Waals surface area contributed by atoms with Crippen molar-refractivity contribution in [2.24, 2.45) is 5.92 Å². The number of nitrogens with one attached hydrogen (secondary N) is 1. The lowest BCUT2D eigenvalue weighted by Gasteiger charge is -2.16. The van der Waals surface area contributed by atoms with Crippen molar-refractivity contribution in [1.29, 1.82) is 0 Å². The molecule has 17 heavy (non-hydrogen) atoms. The van der Waals surface area contributed by atoms with Crippen LogP contribution in [0, 0.1) is 5.92 Å². The van der Waals surface area contributed by atoms with Crippen molar-refractivity contribution in [3.05, 3.63) is 22.4 Å². The highest BCUT2D eigenvalue weighted by molar-refractivity contribution is 7.09. The smallest absolute Gasteiger partial charge is 0.0302 e. The second-order valence-electron chi connectivity index (χ2n) is 5.32. The Morgan fingerprint density at radius 2 is 2.24 bits per heavy atom. The molecule has 96 valence electrons. The monoisotopic (exact) mass is 251 g/mol. The zero-order valence-electron chi connectivity index (χ0n) is 11.0. The largest absolute Gasteiger partial charge is 0.309 e. The molecule has 1 aliphatic rings. The molecule has 2 atom stereocenters. The Morgan fingerprint density at radius 1 is 1.29 bits per heavy atom. The summed E-state index contributed by atoms with van der Waals surface area (Å²) in [6, 6.07) is 5.14. The van der Waals surface area contributed by atoms with Crippen LogP contribution in [0.5, 0.6) is 0 Å². The van der Waals surface area contributed by atoms with Crippen LogP contribution in [0.15, 0.2) is 17.5 Å². The summed E-state index contributed by atoms with van der Waals surface area (Å²) in [4.78, 5) is 1.47. The summed E-state index contributed by atoms with van der Waals surface area (Å²) in [5, 5.41) is 5.91. The molecule has 0 spiro atoms. The lowest BCUT2D eigenvalue weighted by atomic mass is 9.95. The second kappa shape index (κ2) is 7.17. The van der Waals surface area contributed by atoms with Crippen LogP contribution in [0.25, 0.3) is 0 Å².